The van der Waals surface area contributed by atoms with Crippen molar-refractivity contribution in [1.82, 2.24) is 10.4 Å². The highest BCUT2D eigenvalue weighted by atomic mass is 16.4. The van der Waals surface area contributed by atoms with Crippen molar-refractivity contribution in [1.29, 1.82) is 0 Å². The molecule has 1 aromatic rings. The molecule has 0 radical (unpaired) electrons. The first-order chi connectivity index (χ1) is 9.08. The number of carboxylic acids is 2. The number of rotatable bonds is 5. The second kappa shape index (κ2) is 5.81. The fraction of sp³-hybridized carbons (Fsp3) is 0.385. The van der Waals surface area contributed by atoms with Crippen LogP contribution in [0.3, 0.4) is 0 Å². The third kappa shape index (κ3) is 3.30. The molecule has 2 rings (SSSR count). The number of nitrogens with zero attached hydrogens (tertiary/aromatic N) is 1. The van der Waals surface area contributed by atoms with Crippen molar-refractivity contribution < 1.29 is 19.8 Å². The molecule has 1 heterocycles. The van der Waals surface area contributed by atoms with E-state index >= 15 is 0 Å². The molecule has 0 aromatic heterocycles. The van der Waals surface area contributed by atoms with E-state index in [-0.39, 0.29) is 13.0 Å². The average molecular weight is 264 g/mol. The van der Waals surface area contributed by atoms with Crippen molar-refractivity contribution in [3.63, 3.8) is 0 Å². The Hall–Kier alpha value is -1.92. The lowest BCUT2D eigenvalue weighted by Crippen LogP contribution is -2.45. The molecule has 1 saturated heterocycles. The molecule has 1 aliphatic heterocycles. The predicted octanol–water partition coefficient (Wildman–Crippen LogP) is 0.551. The van der Waals surface area contributed by atoms with E-state index in [2.05, 4.69) is 5.43 Å². The second-order valence-electron chi connectivity index (χ2n) is 4.60. The number of benzene rings is 1. The van der Waals surface area contributed by atoms with E-state index < -0.39 is 23.9 Å². The predicted molar refractivity (Wildman–Crippen MR) is 67.2 cm³/mol. The van der Waals surface area contributed by atoms with E-state index in [0.717, 1.165) is 5.56 Å². The van der Waals surface area contributed by atoms with E-state index in [1.807, 2.05) is 30.3 Å². The number of carbonyl (C=O) groups is 2. The molecule has 1 aromatic carbocycles. The third-order valence-corrected chi connectivity index (χ3v) is 3.26. The van der Waals surface area contributed by atoms with Gasteiger partial charge in [-0.05, 0) is 12.0 Å². The molecule has 0 saturated carbocycles. The maximum Gasteiger partial charge on any atom is 0.322 e. The molecule has 0 spiro atoms. The van der Waals surface area contributed by atoms with Gasteiger partial charge in [0.1, 0.15) is 6.04 Å². The molecule has 2 unspecified atom stereocenters. The van der Waals surface area contributed by atoms with E-state index in [9.17, 15) is 9.59 Å². The van der Waals surface area contributed by atoms with E-state index in [4.69, 9.17) is 10.2 Å². The largest absolute Gasteiger partial charge is 0.481 e. The second-order valence-corrected chi connectivity index (χ2v) is 4.60. The highest BCUT2D eigenvalue weighted by Gasteiger charge is 2.40. The van der Waals surface area contributed by atoms with Crippen LogP contribution in [0, 0.1) is 5.92 Å². The molecule has 0 amide bonds. The van der Waals surface area contributed by atoms with Crippen LogP contribution in [-0.4, -0.2) is 39.7 Å². The highest BCUT2D eigenvalue weighted by molar-refractivity contribution is 5.77. The van der Waals surface area contributed by atoms with Gasteiger partial charge in [0.25, 0.3) is 0 Å². The molecule has 0 aliphatic carbocycles. The van der Waals surface area contributed by atoms with Crippen LogP contribution in [0.5, 0.6) is 0 Å². The average Bonchev–Trinajstić information content (AvgIpc) is 2.82. The molecule has 3 N–H and O–H groups in total. The lowest BCUT2D eigenvalue weighted by molar-refractivity contribution is -0.143. The summed E-state index contributed by atoms with van der Waals surface area (Å²) < 4.78 is 0. The monoisotopic (exact) mass is 264 g/mol. The van der Waals surface area contributed by atoms with Crippen LogP contribution in [0.1, 0.15) is 12.0 Å². The summed E-state index contributed by atoms with van der Waals surface area (Å²) in [6, 6.07) is 8.76. The Labute approximate surface area is 110 Å². The van der Waals surface area contributed by atoms with Crippen LogP contribution in [0.2, 0.25) is 0 Å². The van der Waals surface area contributed by atoms with E-state index in [1.54, 1.807) is 0 Å². The fourth-order valence-electron chi connectivity index (χ4n) is 2.21. The van der Waals surface area contributed by atoms with Gasteiger partial charge in [-0.3, -0.25) is 9.59 Å². The van der Waals surface area contributed by atoms with Crippen LogP contribution >= 0.6 is 0 Å². The van der Waals surface area contributed by atoms with E-state index in [0.29, 0.717) is 6.54 Å². The van der Waals surface area contributed by atoms with Gasteiger partial charge in [-0.25, -0.2) is 10.4 Å². The van der Waals surface area contributed by atoms with Gasteiger partial charge in [-0.15, -0.1) is 0 Å². The quantitative estimate of drug-likeness (QED) is 0.719. The first-order valence-corrected chi connectivity index (χ1v) is 6.07. The zero-order chi connectivity index (χ0) is 13.8. The van der Waals surface area contributed by atoms with Crippen LogP contribution in [0.4, 0.5) is 0 Å². The van der Waals surface area contributed by atoms with Crippen molar-refractivity contribution in [3.8, 4) is 0 Å². The van der Waals surface area contributed by atoms with Gasteiger partial charge in [0.2, 0.25) is 0 Å². The minimum Gasteiger partial charge on any atom is -0.481 e. The van der Waals surface area contributed by atoms with Crippen LogP contribution in [-0.2, 0) is 16.1 Å². The van der Waals surface area contributed by atoms with Gasteiger partial charge in [0, 0.05) is 13.1 Å². The zero-order valence-electron chi connectivity index (χ0n) is 10.3. The summed E-state index contributed by atoms with van der Waals surface area (Å²) in [5.74, 6) is -2.58. The van der Waals surface area contributed by atoms with Crippen LogP contribution in [0.25, 0.3) is 0 Å². The SMILES string of the molecule is O=C(O)C1CC(C(=O)O)N(NCc2ccccc2)C1. The fourth-order valence-corrected chi connectivity index (χ4v) is 2.21. The Morgan fingerprint density at radius 2 is 1.89 bits per heavy atom. The number of hydrogen-bond acceptors (Lipinski definition) is 4. The molecule has 1 fully saturated rings. The summed E-state index contributed by atoms with van der Waals surface area (Å²) in [4.78, 5) is 22.1. The zero-order valence-corrected chi connectivity index (χ0v) is 10.3. The van der Waals surface area contributed by atoms with Crippen LogP contribution < -0.4 is 5.43 Å². The highest BCUT2D eigenvalue weighted by Crippen LogP contribution is 2.22. The van der Waals surface area contributed by atoms with Crippen molar-refractivity contribution in [3.05, 3.63) is 35.9 Å². The van der Waals surface area contributed by atoms with Gasteiger partial charge in [-0.2, -0.15) is 0 Å². The first-order valence-electron chi connectivity index (χ1n) is 6.07. The summed E-state index contributed by atoms with van der Waals surface area (Å²) >= 11 is 0. The molecule has 19 heavy (non-hydrogen) atoms. The van der Waals surface area contributed by atoms with Gasteiger partial charge in [-0.1, -0.05) is 30.3 Å². The Morgan fingerprint density at radius 3 is 2.47 bits per heavy atom. The lowest BCUT2D eigenvalue weighted by atomic mass is 10.1. The van der Waals surface area contributed by atoms with Gasteiger partial charge in [0.15, 0.2) is 0 Å². The smallest absolute Gasteiger partial charge is 0.322 e. The Balaban J connectivity index is 1.97. The van der Waals surface area contributed by atoms with Crippen molar-refractivity contribution in [2.75, 3.05) is 6.54 Å². The minimum atomic E-state index is -0.996. The topological polar surface area (TPSA) is 89.9 Å². The number of nitrogens with one attached hydrogen (secondary N) is 1. The van der Waals surface area contributed by atoms with Crippen molar-refractivity contribution in [2.24, 2.45) is 5.92 Å². The van der Waals surface area contributed by atoms with Gasteiger partial charge in [0.05, 0.1) is 5.92 Å². The Bertz CT molecular complexity index is 463. The molecular weight excluding hydrogens is 248 g/mol. The van der Waals surface area contributed by atoms with Crippen molar-refractivity contribution in [2.45, 2.75) is 19.0 Å². The molecule has 0 bridgehead atoms. The molecule has 6 nitrogen and oxygen atoms in total. The first kappa shape index (κ1) is 13.5. The standard InChI is InChI=1S/C13H16N2O4/c16-12(17)10-6-11(13(18)19)15(8-10)14-7-9-4-2-1-3-5-9/h1-5,10-11,14H,6-8H2,(H,16,17)(H,18,19). The van der Waals surface area contributed by atoms with E-state index in [1.165, 1.54) is 5.01 Å². The molecular formula is C13H16N2O4. The summed E-state index contributed by atoms with van der Waals surface area (Å²) in [6.45, 7) is 0.691. The number of carboxylic acid groups (broad SMARTS) is 2. The summed E-state index contributed by atoms with van der Waals surface area (Å²) in [5, 5.41) is 19.6. The molecule has 1 aliphatic rings. The maximum absolute atomic E-state index is 11.1. The van der Waals surface area contributed by atoms with Gasteiger partial charge >= 0.3 is 11.9 Å². The molecule has 2 atom stereocenters. The minimum absolute atomic E-state index is 0.131. The Morgan fingerprint density at radius 1 is 1.21 bits per heavy atom. The molecule has 102 valence electrons. The lowest BCUT2D eigenvalue weighted by Gasteiger charge is -2.22. The summed E-state index contributed by atoms with van der Waals surface area (Å²) in [7, 11) is 0. The van der Waals surface area contributed by atoms with Crippen molar-refractivity contribution >= 4 is 11.9 Å². The Kier molecular flexibility index (Phi) is 4.13. The number of aliphatic carboxylic acids is 2. The molecule has 6 heteroatoms. The van der Waals surface area contributed by atoms with Gasteiger partial charge < -0.3 is 10.2 Å². The normalized spacial score (nSPS) is 23.4. The third-order valence-electron chi connectivity index (χ3n) is 3.26. The summed E-state index contributed by atoms with van der Waals surface area (Å²) in [6.07, 6.45) is 0.131. The van der Waals surface area contributed by atoms with Crippen LogP contribution in [0.15, 0.2) is 30.3 Å². The number of hydrazine groups is 1. The maximum atomic E-state index is 11.1. The number of hydrogen-bond donors (Lipinski definition) is 3. The summed E-state index contributed by atoms with van der Waals surface area (Å²) in [5.41, 5.74) is 4.02.